The molecule has 136 valence electrons. The van der Waals surface area contributed by atoms with Crippen LogP contribution in [0.2, 0.25) is 0 Å². The Balaban J connectivity index is 1.57. The first-order chi connectivity index (χ1) is 12.0. The van der Waals surface area contributed by atoms with Crippen LogP contribution in [0, 0.1) is 19.8 Å². The maximum atomic E-state index is 4.49. The monoisotopic (exact) mass is 343 g/mol. The maximum absolute atomic E-state index is 4.49. The molecule has 0 radical (unpaired) electrons. The van der Waals surface area contributed by atoms with Gasteiger partial charge >= 0.3 is 0 Å². The molecule has 1 aliphatic heterocycles. The first kappa shape index (κ1) is 17.5. The van der Waals surface area contributed by atoms with Crippen molar-refractivity contribution >= 4 is 5.96 Å². The summed E-state index contributed by atoms with van der Waals surface area (Å²) in [6.45, 7) is 7.03. The number of rotatable bonds is 4. The van der Waals surface area contributed by atoms with Crippen LogP contribution in [0.3, 0.4) is 0 Å². The predicted molar refractivity (Wildman–Crippen MR) is 99.5 cm³/mol. The fraction of sp³-hybridized carbons (Fsp3) is 0.611. The van der Waals surface area contributed by atoms with Crippen LogP contribution in [0.5, 0.6) is 0 Å². The van der Waals surface area contributed by atoms with Crippen molar-refractivity contribution in [3.05, 3.63) is 34.9 Å². The summed E-state index contributed by atoms with van der Waals surface area (Å²) in [6.07, 6.45) is 6.37. The molecule has 25 heavy (non-hydrogen) atoms. The van der Waals surface area contributed by atoms with E-state index in [0.29, 0.717) is 5.92 Å². The highest BCUT2D eigenvalue weighted by atomic mass is 15.3. The number of hydrogen-bond acceptors (Lipinski definition) is 3. The largest absolute Gasteiger partial charge is 0.352 e. The molecule has 7 heteroatoms. The van der Waals surface area contributed by atoms with Crippen LogP contribution in [-0.4, -0.2) is 50.6 Å². The van der Waals surface area contributed by atoms with Gasteiger partial charge in [-0.3, -0.25) is 14.4 Å². The van der Waals surface area contributed by atoms with E-state index in [4.69, 9.17) is 0 Å². The summed E-state index contributed by atoms with van der Waals surface area (Å²) in [4.78, 5) is 6.85. The van der Waals surface area contributed by atoms with Gasteiger partial charge in [0.05, 0.1) is 11.9 Å². The van der Waals surface area contributed by atoms with Crippen molar-refractivity contribution in [3.8, 4) is 0 Å². The lowest BCUT2D eigenvalue weighted by Crippen LogP contribution is -2.39. The lowest BCUT2D eigenvalue weighted by molar-refractivity contribution is 0.459. The molecule has 2 aromatic heterocycles. The second-order valence-electron chi connectivity index (χ2n) is 7.00. The van der Waals surface area contributed by atoms with E-state index in [1.165, 1.54) is 23.2 Å². The standard InChI is InChI=1S/C18H29N7/c1-13-17(14(2)24(5)22-13)10-20-18(19-3)25-7-6-15(12-25)8-16-9-21-23(4)11-16/h9,11,15H,6-8,10,12H2,1-5H3,(H,19,20). The van der Waals surface area contributed by atoms with E-state index in [0.717, 1.165) is 37.7 Å². The van der Waals surface area contributed by atoms with E-state index in [1.54, 1.807) is 0 Å². The first-order valence-electron chi connectivity index (χ1n) is 8.90. The second-order valence-corrected chi connectivity index (χ2v) is 7.00. The molecule has 0 spiro atoms. The van der Waals surface area contributed by atoms with Gasteiger partial charge in [0.2, 0.25) is 0 Å². The minimum absolute atomic E-state index is 0.657. The third-order valence-electron chi connectivity index (χ3n) is 5.16. The highest BCUT2D eigenvalue weighted by molar-refractivity contribution is 5.80. The number of aliphatic imine (C=N–C) groups is 1. The third-order valence-corrected chi connectivity index (χ3v) is 5.16. The topological polar surface area (TPSA) is 63.3 Å². The average Bonchev–Trinajstić information content (AvgIpc) is 3.25. The molecule has 0 aromatic carbocycles. The zero-order valence-electron chi connectivity index (χ0n) is 16.0. The summed E-state index contributed by atoms with van der Waals surface area (Å²) in [5, 5.41) is 12.3. The Kier molecular flexibility index (Phi) is 5.11. The molecule has 0 bridgehead atoms. The maximum Gasteiger partial charge on any atom is 0.193 e. The van der Waals surface area contributed by atoms with Crippen LogP contribution >= 0.6 is 0 Å². The molecule has 1 fully saturated rings. The van der Waals surface area contributed by atoms with Crippen molar-refractivity contribution in [3.63, 3.8) is 0 Å². The zero-order valence-corrected chi connectivity index (χ0v) is 16.0. The lowest BCUT2D eigenvalue weighted by Gasteiger charge is -2.22. The Labute approximate surface area is 149 Å². The van der Waals surface area contributed by atoms with Crippen molar-refractivity contribution in [1.82, 2.24) is 29.8 Å². The molecular weight excluding hydrogens is 314 g/mol. The molecule has 1 unspecified atom stereocenters. The summed E-state index contributed by atoms with van der Waals surface area (Å²) >= 11 is 0. The van der Waals surface area contributed by atoms with Crippen LogP contribution in [0.4, 0.5) is 0 Å². The summed E-state index contributed by atoms with van der Waals surface area (Å²) < 4.78 is 3.82. The van der Waals surface area contributed by atoms with Gasteiger partial charge in [-0.15, -0.1) is 0 Å². The molecule has 3 rings (SSSR count). The van der Waals surface area contributed by atoms with Crippen LogP contribution in [-0.2, 0) is 27.1 Å². The molecule has 1 saturated heterocycles. The Morgan fingerprint density at radius 3 is 2.76 bits per heavy atom. The number of aromatic nitrogens is 4. The molecule has 1 aliphatic rings. The predicted octanol–water partition coefficient (Wildman–Crippen LogP) is 1.41. The van der Waals surface area contributed by atoms with E-state index < -0.39 is 0 Å². The van der Waals surface area contributed by atoms with Gasteiger partial charge in [0, 0.05) is 58.2 Å². The molecule has 0 aliphatic carbocycles. The Morgan fingerprint density at radius 1 is 1.36 bits per heavy atom. The van der Waals surface area contributed by atoms with Gasteiger partial charge in [0.15, 0.2) is 5.96 Å². The van der Waals surface area contributed by atoms with E-state index in [1.807, 2.05) is 36.7 Å². The molecule has 0 amide bonds. The lowest BCUT2D eigenvalue weighted by atomic mass is 10.0. The number of aryl methyl sites for hydroxylation is 3. The minimum Gasteiger partial charge on any atom is -0.352 e. The number of hydrogen-bond donors (Lipinski definition) is 1. The quantitative estimate of drug-likeness (QED) is 0.673. The van der Waals surface area contributed by atoms with E-state index in [9.17, 15) is 0 Å². The SMILES string of the molecule is CN=C(NCc1c(C)nn(C)c1C)N1CCC(Cc2cnn(C)c2)C1. The molecule has 0 saturated carbocycles. The zero-order chi connectivity index (χ0) is 18.0. The van der Waals surface area contributed by atoms with Crippen molar-refractivity contribution in [2.24, 2.45) is 25.0 Å². The molecule has 1 N–H and O–H groups in total. The summed E-state index contributed by atoms with van der Waals surface area (Å²) in [7, 11) is 5.82. The summed E-state index contributed by atoms with van der Waals surface area (Å²) in [5.74, 6) is 1.64. The van der Waals surface area contributed by atoms with Crippen LogP contribution in [0.1, 0.15) is 28.9 Å². The van der Waals surface area contributed by atoms with Crippen LogP contribution < -0.4 is 5.32 Å². The summed E-state index contributed by atoms with van der Waals surface area (Å²) in [5.41, 5.74) is 4.86. The van der Waals surface area contributed by atoms with Crippen molar-refractivity contribution in [2.45, 2.75) is 33.2 Å². The number of likely N-dealkylation sites (tertiary alicyclic amines) is 1. The Hall–Kier alpha value is -2.31. The van der Waals surface area contributed by atoms with E-state index in [-0.39, 0.29) is 0 Å². The van der Waals surface area contributed by atoms with Gasteiger partial charge in [-0.1, -0.05) is 0 Å². The van der Waals surface area contributed by atoms with Crippen molar-refractivity contribution in [1.29, 1.82) is 0 Å². The van der Waals surface area contributed by atoms with Gasteiger partial charge in [-0.05, 0) is 38.2 Å². The summed E-state index contributed by atoms with van der Waals surface area (Å²) in [6, 6.07) is 0. The van der Waals surface area contributed by atoms with Gasteiger partial charge < -0.3 is 10.2 Å². The van der Waals surface area contributed by atoms with Gasteiger partial charge in [0.25, 0.3) is 0 Å². The van der Waals surface area contributed by atoms with Crippen LogP contribution in [0.15, 0.2) is 17.4 Å². The normalized spacial score (nSPS) is 18.2. The Morgan fingerprint density at radius 2 is 2.16 bits per heavy atom. The fourth-order valence-corrected chi connectivity index (χ4v) is 3.68. The van der Waals surface area contributed by atoms with E-state index in [2.05, 4.69) is 45.5 Å². The fourth-order valence-electron chi connectivity index (χ4n) is 3.68. The first-order valence-corrected chi connectivity index (χ1v) is 8.90. The smallest absolute Gasteiger partial charge is 0.193 e. The number of nitrogens with zero attached hydrogens (tertiary/aromatic N) is 6. The molecule has 1 atom stereocenters. The number of guanidine groups is 1. The van der Waals surface area contributed by atoms with Gasteiger partial charge in [-0.2, -0.15) is 10.2 Å². The number of nitrogens with one attached hydrogen (secondary N) is 1. The van der Waals surface area contributed by atoms with Crippen molar-refractivity contribution in [2.75, 3.05) is 20.1 Å². The highest BCUT2D eigenvalue weighted by Gasteiger charge is 2.25. The molecule has 2 aromatic rings. The van der Waals surface area contributed by atoms with Crippen molar-refractivity contribution < 1.29 is 0 Å². The highest BCUT2D eigenvalue weighted by Crippen LogP contribution is 2.21. The minimum atomic E-state index is 0.657. The molecule has 3 heterocycles. The molecular formula is C18H29N7. The average molecular weight is 343 g/mol. The van der Waals surface area contributed by atoms with E-state index >= 15 is 0 Å². The van der Waals surface area contributed by atoms with Crippen LogP contribution in [0.25, 0.3) is 0 Å². The third kappa shape index (κ3) is 3.86. The second kappa shape index (κ2) is 7.29. The van der Waals surface area contributed by atoms with Gasteiger partial charge in [-0.25, -0.2) is 0 Å². The van der Waals surface area contributed by atoms with Gasteiger partial charge in [0.1, 0.15) is 0 Å². The molecule has 7 nitrogen and oxygen atoms in total. The Bertz CT molecular complexity index is 756.